The Morgan fingerprint density at radius 2 is 2.07 bits per heavy atom. The van der Waals surface area contributed by atoms with Crippen LogP contribution in [-0.4, -0.2) is 53.6 Å². The molecule has 3 N–H and O–H groups in total. The molecule has 0 fully saturated rings. The number of halogens is 1. The quantitative estimate of drug-likeness (QED) is 0.273. The zero-order valence-corrected chi connectivity index (χ0v) is 20.5. The van der Waals surface area contributed by atoms with Gasteiger partial charge in [-0.1, -0.05) is 12.1 Å². The van der Waals surface area contributed by atoms with E-state index in [2.05, 4.69) is 63.7 Å². The summed E-state index contributed by atoms with van der Waals surface area (Å²) in [5, 5.41) is 21.5. The van der Waals surface area contributed by atoms with Gasteiger partial charge in [-0.3, -0.25) is 4.68 Å². The van der Waals surface area contributed by atoms with Crippen LogP contribution in [0.2, 0.25) is 0 Å². The smallest absolute Gasteiger partial charge is 0.191 e. The van der Waals surface area contributed by atoms with Crippen molar-refractivity contribution in [3.8, 4) is 0 Å². The monoisotopic (exact) mass is 514 g/mol. The molecule has 0 aliphatic carbocycles. The Hall–Kier alpha value is -1.81. The van der Waals surface area contributed by atoms with Crippen LogP contribution in [0.5, 0.6) is 0 Å². The molecule has 0 radical (unpaired) electrons. The summed E-state index contributed by atoms with van der Waals surface area (Å²) >= 11 is 0. The summed E-state index contributed by atoms with van der Waals surface area (Å²) in [5.74, 6) is 0.701. The standard InChI is InChI=1S/C21H34N6O.HI/c1-6-22-20(24-16-21(4,28)18-14-25-26(5)15-18)23-11-12-27(7-2)19-10-8-9-17(3)13-19;/h8-10,13-15,28H,6-7,11-12,16H2,1-5H3,(H2,22,23,24);1H. The molecule has 0 bridgehead atoms. The van der Waals surface area contributed by atoms with Crippen LogP contribution >= 0.6 is 24.0 Å². The van der Waals surface area contributed by atoms with Crippen molar-refractivity contribution in [2.24, 2.45) is 12.0 Å². The highest BCUT2D eigenvalue weighted by molar-refractivity contribution is 14.0. The molecule has 1 atom stereocenters. The van der Waals surface area contributed by atoms with E-state index < -0.39 is 5.60 Å². The third-order valence-corrected chi connectivity index (χ3v) is 4.64. The van der Waals surface area contributed by atoms with Crippen molar-refractivity contribution in [1.82, 2.24) is 20.4 Å². The fraction of sp³-hybridized carbons (Fsp3) is 0.524. The first kappa shape index (κ1) is 25.2. The van der Waals surface area contributed by atoms with Gasteiger partial charge in [0.25, 0.3) is 0 Å². The molecule has 0 amide bonds. The molecule has 29 heavy (non-hydrogen) atoms. The number of rotatable bonds is 9. The second-order valence-corrected chi connectivity index (χ2v) is 7.22. The van der Waals surface area contributed by atoms with Gasteiger partial charge >= 0.3 is 0 Å². The molecular weight excluding hydrogens is 479 g/mol. The predicted molar refractivity (Wildman–Crippen MR) is 131 cm³/mol. The van der Waals surface area contributed by atoms with Gasteiger partial charge in [-0.25, -0.2) is 4.99 Å². The zero-order valence-electron chi connectivity index (χ0n) is 18.1. The summed E-state index contributed by atoms with van der Waals surface area (Å²) in [6.07, 6.45) is 3.49. The average molecular weight is 514 g/mol. The van der Waals surface area contributed by atoms with Crippen LogP contribution in [-0.2, 0) is 12.6 Å². The van der Waals surface area contributed by atoms with E-state index in [0.717, 1.165) is 31.7 Å². The van der Waals surface area contributed by atoms with E-state index >= 15 is 0 Å². The largest absolute Gasteiger partial charge is 0.383 e. The Labute approximate surface area is 191 Å². The van der Waals surface area contributed by atoms with Crippen LogP contribution in [0.25, 0.3) is 0 Å². The summed E-state index contributed by atoms with van der Waals surface area (Å²) in [4.78, 5) is 6.90. The van der Waals surface area contributed by atoms with Crippen LogP contribution in [0.15, 0.2) is 41.7 Å². The number of hydrogen-bond donors (Lipinski definition) is 3. The highest BCUT2D eigenvalue weighted by Gasteiger charge is 2.24. The molecule has 1 heterocycles. The van der Waals surface area contributed by atoms with Crippen molar-refractivity contribution < 1.29 is 5.11 Å². The molecule has 2 aromatic rings. The van der Waals surface area contributed by atoms with Crippen molar-refractivity contribution in [2.45, 2.75) is 33.3 Å². The van der Waals surface area contributed by atoms with Gasteiger partial charge < -0.3 is 20.6 Å². The second-order valence-electron chi connectivity index (χ2n) is 7.22. The fourth-order valence-corrected chi connectivity index (χ4v) is 2.97. The van der Waals surface area contributed by atoms with Crippen molar-refractivity contribution in [3.05, 3.63) is 47.8 Å². The predicted octanol–water partition coefficient (Wildman–Crippen LogP) is 2.64. The average Bonchev–Trinajstić information content (AvgIpc) is 3.10. The van der Waals surface area contributed by atoms with E-state index in [1.165, 1.54) is 11.3 Å². The molecule has 0 aliphatic rings. The van der Waals surface area contributed by atoms with Crippen molar-refractivity contribution in [3.63, 3.8) is 0 Å². The van der Waals surface area contributed by atoms with Gasteiger partial charge in [-0.05, 0) is 45.4 Å². The Morgan fingerprint density at radius 3 is 2.66 bits per heavy atom. The first-order chi connectivity index (χ1) is 13.4. The Morgan fingerprint density at radius 1 is 1.31 bits per heavy atom. The van der Waals surface area contributed by atoms with Crippen LogP contribution in [0.1, 0.15) is 31.9 Å². The number of aryl methyl sites for hydroxylation is 2. The third-order valence-electron chi connectivity index (χ3n) is 4.64. The van der Waals surface area contributed by atoms with Gasteiger partial charge in [-0.15, -0.1) is 24.0 Å². The minimum Gasteiger partial charge on any atom is -0.383 e. The fourth-order valence-electron chi connectivity index (χ4n) is 2.97. The van der Waals surface area contributed by atoms with E-state index in [0.29, 0.717) is 5.96 Å². The summed E-state index contributed by atoms with van der Waals surface area (Å²) in [5.41, 5.74) is 2.18. The molecule has 8 heteroatoms. The van der Waals surface area contributed by atoms with E-state index in [1.54, 1.807) is 17.8 Å². The number of hydrogen-bond acceptors (Lipinski definition) is 4. The van der Waals surface area contributed by atoms with Gasteiger partial charge in [0.05, 0.1) is 12.7 Å². The molecular formula is C21H35IN6O. The van der Waals surface area contributed by atoms with Gasteiger partial charge in [-0.2, -0.15) is 5.10 Å². The SMILES string of the molecule is CCNC(=NCC(C)(O)c1cnn(C)c1)NCCN(CC)c1cccc(C)c1.I. The maximum Gasteiger partial charge on any atom is 0.191 e. The molecule has 2 rings (SSSR count). The Balaban J connectivity index is 0.00000420. The number of anilines is 1. The van der Waals surface area contributed by atoms with Crippen molar-refractivity contribution in [1.29, 1.82) is 0 Å². The number of aliphatic hydroxyl groups is 1. The molecule has 1 unspecified atom stereocenters. The second kappa shape index (κ2) is 12.0. The van der Waals surface area contributed by atoms with E-state index in [4.69, 9.17) is 0 Å². The minimum atomic E-state index is -1.06. The molecule has 0 aliphatic heterocycles. The highest BCUT2D eigenvalue weighted by atomic mass is 127. The lowest BCUT2D eigenvalue weighted by Crippen LogP contribution is -2.42. The lowest BCUT2D eigenvalue weighted by Gasteiger charge is -2.24. The number of aromatic nitrogens is 2. The Kier molecular flexibility index (Phi) is 10.5. The number of nitrogens with one attached hydrogen (secondary N) is 2. The summed E-state index contributed by atoms with van der Waals surface area (Å²) in [6, 6.07) is 8.54. The maximum atomic E-state index is 10.7. The summed E-state index contributed by atoms with van der Waals surface area (Å²) in [6.45, 7) is 11.6. The minimum absolute atomic E-state index is 0. The normalized spacial score (nSPS) is 13.4. The van der Waals surface area contributed by atoms with Crippen LogP contribution in [0.3, 0.4) is 0 Å². The topological polar surface area (TPSA) is 77.7 Å². The molecule has 162 valence electrons. The molecule has 0 saturated carbocycles. The zero-order chi connectivity index (χ0) is 20.6. The number of nitrogens with zero attached hydrogens (tertiary/aromatic N) is 4. The maximum absolute atomic E-state index is 10.7. The number of guanidine groups is 1. The van der Waals surface area contributed by atoms with Crippen molar-refractivity contribution >= 4 is 35.6 Å². The number of likely N-dealkylation sites (N-methyl/N-ethyl adjacent to an activating group) is 1. The van der Waals surface area contributed by atoms with E-state index in [-0.39, 0.29) is 30.5 Å². The summed E-state index contributed by atoms with van der Waals surface area (Å²) in [7, 11) is 1.84. The van der Waals surface area contributed by atoms with Crippen molar-refractivity contribution in [2.75, 3.05) is 37.6 Å². The van der Waals surface area contributed by atoms with Crippen LogP contribution < -0.4 is 15.5 Å². The lowest BCUT2D eigenvalue weighted by atomic mass is 10.0. The van der Waals surface area contributed by atoms with E-state index in [9.17, 15) is 5.11 Å². The highest BCUT2D eigenvalue weighted by Crippen LogP contribution is 2.20. The van der Waals surface area contributed by atoms with Crippen LogP contribution in [0, 0.1) is 6.92 Å². The van der Waals surface area contributed by atoms with E-state index in [1.807, 2.05) is 20.2 Å². The van der Waals surface area contributed by atoms with Gasteiger partial charge in [0.2, 0.25) is 0 Å². The lowest BCUT2D eigenvalue weighted by molar-refractivity contribution is 0.0672. The molecule has 0 spiro atoms. The van der Waals surface area contributed by atoms with Gasteiger partial charge in [0, 0.05) is 50.7 Å². The first-order valence-corrected chi connectivity index (χ1v) is 9.91. The van der Waals surface area contributed by atoms with Crippen LogP contribution in [0.4, 0.5) is 5.69 Å². The van der Waals surface area contributed by atoms with Gasteiger partial charge in [0.15, 0.2) is 5.96 Å². The summed E-state index contributed by atoms with van der Waals surface area (Å²) < 4.78 is 1.68. The number of aliphatic imine (C=N–C) groups is 1. The Bertz CT molecular complexity index is 774. The molecule has 1 aromatic heterocycles. The number of benzene rings is 1. The first-order valence-electron chi connectivity index (χ1n) is 9.91. The third kappa shape index (κ3) is 7.85. The molecule has 7 nitrogen and oxygen atoms in total. The van der Waals surface area contributed by atoms with Gasteiger partial charge in [0.1, 0.15) is 5.60 Å². The molecule has 1 aromatic carbocycles. The molecule has 0 saturated heterocycles.